The molecule has 1 aromatic heterocycles. The molecule has 0 fully saturated rings. The van der Waals surface area contributed by atoms with E-state index < -0.39 is 0 Å². The molecule has 186 valence electrons. The summed E-state index contributed by atoms with van der Waals surface area (Å²) in [6, 6.07) is 2.00. The molecule has 1 aromatic rings. The SMILES string of the molecule is CCCCCCCCCCCCCCCCCCCCCCCc1cc[nH]c1C(=O)OC. The van der Waals surface area contributed by atoms with Crippen molar-refractivity contribution in [1.82, 2.24) is 4.98 Å². The summed E-state index contributed by atoms with van der Waals surface area (Å²) in [5.41, 5.74) is 1.72. The highest BCUT2D eigenvalue weighted by atomic mass is 16.5. The van der Waals surface area contributed by atoms with Gasteiger partial charge < -0.3 is 9.72 Å². The van der Waals surface area contributed by atoms with E-state index in [-0.39, 0.29) is 5.97 Å². The molecule has 0 aliphatic heterocycles. The first-order chi connectivity index (χ1) is 15.8. The van der Waals surface area contributed by atoms with Crippen LogP contribution in [-0.2, 0) is 11.2 Å². The van der Waals surface area contributed by atoms with Crippen LogP contribution in [0.5, 0.6) is 0 Å². The van der Waals surface area contributed by atoms with Crippen molar-refractivity contribution in [2.75, 3.05) is 7.11 Å². The van der Waals surface area contributed by atoms with Gasteiger partial charge in [0.2, 0.25) is 0 Å². The molecular weight excluding hydrogens is 394 g/mol. The van der Waals surface area contributed by atoms with Crippen LogP contribution in [0.4, 0.5) is 0 Å². The zero-order valence-electron chi connectivity index (χ0n) is 21.5. The first kappa shape index (κ1) is 28.8. The van der Waals surface area contributed by atoms with Crippen LogP contribution in [0.15, 0.2) is 12.3 Å². The number of aryl methyl sites for hydroxylation is 1. The topological polar surface area (TPSA) is 42.1 Å². The normalized spacial score (nSPS) is 11.2. The number of methoxy groups -OCH3 is 1. The minimum atomic E-state index is -0.256. The molecule has 0 radical (unpaired) electrons. The lowest BCUT2D eigenvalue weighted by Gasteiger charge is -2.05. The molecule has 1 N–H and O–H groups in total. The molecule has 0 unspecified atom stereocenters. The van der Waals surface area contributed by atoms with E-state index in [2.05, 4.69) is 11.9 Å². The highest BCUT2D eigenvalue weighted by molar-refractivity contribution is 5.88. The Balaban J connectivity index is 1.75. The number of rotatable bonds is 23. The molecule has 1 heterocycles. The number of esters is 1. The highest BCUT2D eigenvalue weighted by Gasteiger charge is 2.12. The molecular formula is C29H53NO2. The van der Waals surface area contributed by atoms with Crippen LogP contribution >= 0.6 is 0 Å². The molecule has 0 saturated carbocycles. The standard InChI is InChI=1S/C29H53NO2/c1-3-4-5-6-7-8-9-10-11-12-13-14-15-16-17-18-19-20-21-22-23-24-27-25-26-30-28(27)29(31)32-2/h25-26,30H,3-24H2,1-2H3. The van der Waals surface area contributed by atoms with Gasteiger partial charge in [-0.25, -0.2) is 4.79 Å². The Labute approximate surface area is 199 Å². The maximum absolute atomic E-state index is 11.7. The predicted octanol–water partition coefficient (Wildman–Crippen LogP) is 9.56. The van der Waals surface area contributed by atoms with Crippen LogP contribution in [-0.4, -0.2) is 18.1 Å². The molecule has 3 nitrogen and oxygen atoms in total. The molecule has 1 rings (SSSR count). The third-order valence-electron chi connectivity index (χ3n) is 6.77. The average molecular weight is 448 g/mol. The monoisotopic (exact) mass is 447 g/mol. The third kappa shape index (κ3) is 15.5. The summed E-state index contributed by atoms with van der Waals surface area (Å²) in [4.78, 5) is 14.7. The number of hydrogen-bond acceptors (Lipinski definition) is 2. The van der Waals surface area contributed by atoms with Gasteiger partial charge in [0, 0.05) is 6.20 Å². The summed E-state index contributed by atoms with van der Waals surface area (Å²) < 4.78 is 4.81. The van der Waals surface area contributed by atoms with E-state index in [9.17, 15) is 4.79 Å². The maximum atomic E-state index is 11.7. The minimum absolute atomic E-state index is 0.256. The summed E-state index contributed by atoms with van der Waals surface area (Å²) in [6.45, 7) is 2.29. The summed E-state index contributed by atoms with van der Waals surface area (Å²) in [5, 5.41) is 0. The average Bonchev–Trinajstić information content (AvgIpc) is 3.28. The van der Waals surface area contributed by atoms with E-state index in [1.807, 2.05) is 12.3 Å². The van der Waals surface area contributed by atoms with Crippen molar-refractivity contribution in [2.24, 2.45) is 0 Å². The van der Waals surface area contributed by atoms with Crippen LogP contribution in [0.25, 0.3) is 0 Å². The Morgan fingerprint density at radius 2 is 1.03 bits per heavy atom. The molecule has 0 atom stereocenters. The van der Waals surface area contributed by atoms with Crippen LogP contribution in [0.3, 0.4) is 0 Å². The number of unbranched alkanes of at least 4 members (excludes halogenated alkanes) is 20. The largest absolute Gasteiger partial charge is 0.464 e. The van der Waals surface area contributed by atoms with Crippen molar-refractivity contribution < 1.29 is 9.53 Å². The Hall–Kier alpha value is -1.25. The van der Waals surface area contributed by atoms with Gasteiger partial charge in [0.25, 0.3) is 0 Å². The van der Waals surface area contributed by atoms with Gasteiger partial charge in [0.1, 0.15) is 5.69 Å². The van der Waals surface area contributed by atoms with Crippen LogP contribution in [0.2, 0.25) is 0 Å². The van der Waals surface area contributed by atoms with Gasteiger partial charge in [-0.15, -0.1) is 0 Å². The fourth-order valence-electron chi connectivity index (χ4n) is 4.65. The van der Waals surface area contributed by atoms with Gasteiger partial charge in [-0.1, -0.05) is 135 Å². The zero-order valence-corrected chi connectivity index (χ0v) is 21.5. The van der Waals surface area contributed by atoms with Gasteiger partial charge in [-0.05, 0) is 24.5 Å². The number of carbonyl (C=O) groups excluding carboxylic acids is 1. The molecule has 0 bridgehead atoms. The number of carbonyl (C=O) groups is 1. The van der Waals surface area contributed by atoms with Crippen LogP contribution in [0, 0.1) is 0 Å². The lowest BCUT2D eigenvalue weighted by Crippen LogP contribution is -2.05. The maximum Gasteiger partial charge on any atom is 0.354 e. The second-order valence-corrected chi connectivity index (χ2v) is 9.69. The van der Waals surface area contributed by atoms with Crippen molar-refractivity contribution in [3.05, 3.63) is 23.5 Å². The van der Waals surface area contributed by atoms with Gasteiger partial charge in [-0.2, -0.15) is 0 Å². The highest BCUT2D eigenvalue weighted by Crippen LogP contribution is 2.16. The smallest absolute Gasteiger partial charge is 0.354 e. The van der Waals surface area contributed by atoms with Gasteiger partial charge in [-0.3, -0.25) is 0 Å². The summed E-state index contributed by atoms with van der Waals surface area (Å²) >= 11 is 0. The Morgan fingerprint density at radius 1 is 0.656 bits per heavy atom. The Morgan fingerprint density at radius 3 is 1.41 bits per heavy atom. The van der Waals surface area contributed by atoms with Crippen LogP contribution < -0.4 is 0 Å². The fraction of sp³-hybridized carbons (Fsp3) is 0.828. The Kier molecular flexibility index (Phi) is 19.4. The molecule has 0 aromatic carbocycles. The van der Waals surface area contributed by atoms with Crippen molar-refractivity contribution in [3.63, 3.8) is 0 Å². The molecule has 0 spiro atoms. The van der Waals surface area contributed by atoms with E-state index in [0.29, 0.717) is 5.69 Å². The first-order valence-electron chi connectivity index (χ1n) is 14.0. The summed E-state index contributed by atoms with van der Waals surface area (Å²) in [6.07, 6.45) is 32.3. The number of ether oxygens (including phenoxy) is 1. The van der Waals surface area contributed by atoms with Crippen molar-refractivity contribution in [2.45, 2.75) is 148 Å². The number of aromatic amines is 1. The van der Waals surface area contributed by atoms with Crippen LogP contribution in [0.1, 0.15) is 158 Å². The number of aromatic nitrogens is 1. The summed E-state index contributed by atoms with van der Waals surface area (Å²) in [5.74, 6) is -0.256. The van der Waals surface area contributed by atoms with Gasteiger partial charge in [0.15, 0.2) is 0 Å². The summed E-state index contributed by atoms with van der Waals surface area (Å²) in [7, 11) is 1.44. The number of H-pyrrole nitrogens is 1. The van der Waals surface area contributed by atoms with Crippen molar-refractivity contribution >= 4 is 5.97 Å². The zero-order chi connectivity index (χ0) is 23.1. The Bertz CT molecular complexity index is 537. The lowest BCUT2D eigenvalue weighted by molar-refractivity contribution is 0.0593. The minimum Gasteiger partial charge on any atom is -0.464 e. The van der Waals surface area contributed by atoms with Crippen molar-refractivity contribution in [3.8, 4) is 0 Å². The number of hydrogen-bond donors (Lipinski definition) is 1. The van der Waals surface area contributed by atoms with Crippen molar-refractivity contribution in [1.29, 1.82) is 0 Å². The van der Waals surface area contributed by atoms with E-state index in [0.717, 1.165) is 18.4 Å². The number of nitrogens with one attached hydrogen (secondary N) is 1. The predicted molar refractivity (Wildman–Crippen MR) is 138 cm³/mol. The molecule has 0 amide bonds. The van der Waals surface area contributed by atoms with Gasteiger partial charge >= 0.3 is 5.97 Å². The first-order valence-corrected chi connectivity index (χ1v) is 14.0. The fourth-order valence-corrected chi connectivity index (χ4v) is 4.65. The van der Waals surface area contributed by atoms with E-state index in [4.69, 9.17) is 4.74 Å². The lowest BCUT2D eigenvalue weighted by atomic mass is 10.0. The van der Waals surface area contributed by atoms with E-state index >= 15 is 0 Å². The second kappa shape index (κ2) is 21.6. The molecule has 0 saturated heterocycles. The quantitative estimate of drug-likeness (QED) is 0.134. The third-order valence-corrected chi connectivity index (χ3v) is 6.77. The second-order valence-electron chi connectivity index (χ2n) is 9.69. The van der Waals surface area contributed by atoms with E-state index in [1.54, 1.807) is 0 Å². The van der Waals surface area contributed by atoms with Gasteiger partial charge in [0.05, 0.1) is 7.11 Å². The van der Waals surface area contributed by atoms with E-state index in [1.165, 1.54) is 136 Å². The molecule has 0 aliphatic carbocycles. The molecule has 0 aliphatic rings. The molecule has 3 heteroatoms. The molecule has 32 heavy (non-hydrogen) atoms.